The van der Waals surface area contributed by atoms with Gasteiger partial charge in [-0.15, -0.1) is 0 Å². The molecule has 1 aromatic carbocycles. The number of likely N-dealkylation sites (N-methyl/N-ethyl adjacent to an activating group) is 1. The predicted molar refractivity (Wildman–Crippen MR) is 71.3 cm³/mol. The molecule has 100 valence electrons. The SMILES string of the molecule is CNCC(C)c1nc(-c2ccc3c(c2)CCO3)no1. The molecule has 5 heteroatoms. The first kappa shape index (κ1) is 12.2. The highest BCUT2D eigenvalue weighted by Crippen LogP contribution is 2.29. The summed E-state index contributed by atoms with van der Waals surface area (Å²) in [6.45, 7) is 3.64. The van der Waals surface area contributed by atoms with Gasteiger partial charge in [-0.2, -0.15) is 4.98 Å². The van der Waals surface area contributed by atoms with Crippen LogP contribution >= 0.6 is 0 Å². The van der Waals surface area contributed by atoms with Gasteiger partial charge >= 0.3 is 0 Å². The molecule has 1 aliphatic heterocycles. The molecule has 1 atom stereocenters. The van der Waals surface area contributed by atoms with Gasteiger partial charge < -0.3 is 14.6 Å². The van der Waals surface area contributed by atoms with Crippen molar-refractivity contribution in [3.63, 3.8) is 0 Å². The van der Waals surface area contributed by atoms with Crippen molar-refractivity contribution in [2.24, 2.45) is 0 Å². The van der Waals surface area contributed by atoms with Gasteiger partial charge in [0.25, 0.3) is 0 Å². The van der Waals surface area contributed by atoms with Gasteiger partial charge in [0.05, 0.1) is 6.61 Å². The number of fused-ring (bicyclic) bond motifs is 1. The predicted octanol–water partition coefficient (Wildman–Crippen LogP) is 1.99. The van der Waals surface area contributed by atoms with E-state index < -0.39 is 0 Å². The van der Waals surface area contributed by atoms with Gasteiger partial charge in [-0.3, -0.25) is 0 Å². The molecule has 2 aromatic rings. The number of rotatable bonds is 4. The van der Waals surface area contributed by atoms with Crippen molar-refractivity contribution in [2.75, 3.05) is 20.2 Å². The van der Waals surface area contributed by atoms with Crippen LogP contribution < -0.4 is 10.1 Å². The van der Waals surface area contributed by atoms with Crippen molar-refractivity contribution in [1.29, 1.82) is 0 Å². The number of ether oxygens (including phenoxy) is 1. The van der Waals surface area contributed by atoms with Crippen molar-refractivity contribution < 1.29 is 9.26 Å². The summed E-state index contributed by atoms with van der Waals surface area (Å²) in [5, 5.41) is 7.17. The maximum Gasteiger partial charge on any atom is 0.231 e. The Morgan fingerprint density at radius 1 is 1.42 bits per heavy atom. The third kappa shape index (κ3) is 2.33. The smallest absolute Gasteiger partial charge is 0.231 e. The molecule has 3 rings (SSSR count). The summed E-state index contributed by atoms with van der Waals surface area (Å²) in [5.41, 5.74) is 2.20. The van der Waals surface area contributed by atoms with Crippen LogP contribution in [0.4, 0.5) is 0 Å². The Morgan fingerprint density at radius 2 is 2.32 bits per heavy atom. The fourth-order valence-corrected chi connectivity index (χ4v) is 2.27. The molecule has 5 nitrogen and oxygen atoms in total. The van der Waals surface area contributed by atoms with E-state index in [2.05, 4.69) is 28.4 Å². The van der Waals surface area contributed by atoms with Crippen LogP contribution in [0.1, 0.15) is 24.3 Å². The largest absolute Gasteiger partial charge is 0.493 e. The van der Waals surface area contributed by atoms with E-state index in [0.717, 1.165) is 30.9 Å². The van der Waals surface area contributed by atoms with Crippen molar-refractivity contribution in [2.45, 2.75) is 19.3 Å². The maximum atomic E-state index is 5.49. The van der Waals surface area contributed by atoms with E-state index >= 15 is 0 Å². The molecule has 1 aliphatic rings. The number of aromatic nitrogens is 2. The van der Waals surface area contributed by atoms with Crippen LogP contribution in [0.2, 0.25) is 0 Å². The van der Waals surface area contributed by atoms with Gasteiger partial charge in [-0.1, -0.05) is 12.1 Å². The first-order chi connectivity index (χ1) is 9.28. The molecule has 19 heavy (non-hydrogen) atoms. The third-order valence-corrected chi connectivity index (χ3v) is 3.32. The standard InChI is InChI=1S/C14H17N3O2/c1-9(8-15-2)14-16-13(17-19-14)11-3-4-12-10(7-11)5-6-18-12/h3-4,7,9,15H,5-6,8H2,1-2H3. The second-order valence-corrected chi connectivity index (χ2v) is 4.84. The lowest BCUT2D eigenvalue weighted by Crippen LogP contribution is -2.14. The van der Waals surface area contributed by atoms with Gasteiger partial charge in [0.15, 0.2) is 0 Å². The minimum atomic E-state index is 0.212. The Labute approximate surface area is 112 Å². The zero-order valence-corrected chi connectivity index (χ0v) is 11.1. The molecule has 0 spiro atoms. The first-order valence-corrected chi connectivity index (χ1v) is 6.52. The van der Waals surface area contributed by atoms with E-state index in [4.69, 9.17) is 9.26 Å². The van der Waals surface area contributed by atoms with Gasteiger partial charge in [0.2, 0.25) is 11.7 Å². The zero-order chi connectivity index (χ0) is 13.2. The summed E-state index contributed by atoms with van der Waals surface area (Å²) in [6.07, 6.45) is 0.948. The Bertz CT molecular complexity index is 580. The Kier molecular flexibility index (Phi) is 3.21. The normalized spacial score (nSPS) is 15.1. The third-order valence-electron chi connectivity index (χ3n) is 3.32. The Morgan fingerprint density at radius 3 is 3.16 bits per heavy atom. The first-order valence-electron chi connectivity index (χ1n) is 6.52. The van der Waals surface area contributed by atoms with Crippen molar-refractivity contribution in [3.8, 4) is 17.1 Å². The fraction of sp³-hybridized carbons (Fsp3) is 0.429. The van der Waals surface area contributed by atoms with Crippen molar-refractivity contribution in [1.82, 2.24) is 15.5 Å². The van der Waals surface area contributed by atoms with Gasteiger partial charge in [-0.05, 0) is 30.8 Å². The van der Waals surface area contributed by atoms with Gasteiger partial charge in [0.1, 0.15) is 5.75 Å². The van der Waals surface area contributed by atoms with E-state index in [1.165, 1.54) is 5.56 Å². The average molecular weight is 259 g/mol. The quantitative estimate of drug-likeness (QED) is 0.910. The highest BCUT2D eigenvalue weighted by atomic mass is 16.5. The lowest BCUT2D eigenvalue weighted by atomic mass is 10.1. The second-order valence-electron chi connectivity index (χ2n) is 4.84. The summed E-state index contributed by atoms with van der Waals surface area (Å²) in [4.78, 5) is 4.47. The fourth-order valence-electron chi connectivity index (χ4n) is 2.27. The summed E-state index contributed by atoms with van der Waals surface area (Å²) >= 11 is 0. The Balaban J connectivity index is 1.86. The molecule has 0 radical (unpaired) electrons. The zero-order valence-electron chi connectivity index (χ0n) is 11.1. The highest BCUT2D eigenvalue weighted by molar-refractivity contribution is 5.59. The molecular formula is C14H17N3O2. The van der Waals surface area contributed by atoms with E-state index in [1.54, 1.807) is 0 Å². The summed E-state index contributed by atoms with van der Waals surface area (Å²) in [5.74, 6) is 2.49. The number of hydrogen-bond donors (Lipinski definition) is 1. The molecular weight excluding hydrogens is 242 g/mol. The highest BCUT2D eigenvalue weighted by Gasteiger charge is 2.17. The van der Waals surface area contributed by atoms with E-state index in [-0.39, 0.29) is 5.92 Å². The lowest BCUT2D eigenvalue weighted by molar-refractivity contribution is 0.356. The molecule has 1 N–H and O–H groups in total. The molecule has 1 unspecified atom stereocenters. The molecule has 0 fully saturated rings. The van der Waals surface area contributed by atoms with Crippen LogP contribution in [0, 0.1) is 0 Å². The topological polar surface area (TPSA) is 60.2 Å². The Hall–Kier alpha value is -1.88. The van der Waals surface area contributed by atoms with Gasteiger partial charge in [0, 0.05) is 24.4 Å². The summed E-state index contributed by atoms with van der Waals surface area (Å²) in [7, 11) is 1.91. The summed E-state index contributed by atoms with van der Waals surface area (Å²) < 4.78 is 10.8. The number of nitrogens with zero attached hydrogens (tertiary/aromatic N) is 2. The molecule has 2 heterocycles. The average Bonchev–Trinajstić information content (AvgIpc) is 3.07. The van der Waals surface area contributed by atoms with Crippen molar-refractivity contribution >= 4 is 0 Å². The maximum absolute atomic E-state index is 5.49. The minimum absolute atomic E-state index is 0.212. The van der Waals surface area contributed by atoms with Crippen LogP contribution in [-0.2, 0) is 6.42 Å². The lowest BCUT2D eigenvalue weighted by Gasteiger charge is -2.03. The summed E-state index contributed by atoms with van der Waals surface area (Å²) in [6, 6.07) is 6.03. The van der Waals surface area contributed by atoms with E-state index in [0.29, 0.717) is 11.7 Å². The molecule has 0 saturated carbocycles. The van der Waals surface area contributed by atoms with Crippen LogP contribution in [0.5, 0.6) is 5.75 Å². The molecule has 0 saturated heterocycles. The van der Waals surface area contributed by atoms with E-state index in [9.17, 15) is 0 Å². The van der Waals surface area contributed by atoms with Crippen molar-refractivity contribution in [3.05, 3.63) is 29.7 Å². The molecule has 0 aliphatic carbocycles. The number of benzene rings is 1. The molecule has 0 bridgehead atoms. The van der Waals surface area contributed by atoms with Gasteiger partial charge in [-0.25, -0.2) is 0 Å². The van der Waals surface area contributed by atoms with E-state index in [1.807, 2.05) is 19.2 Å². The van der Waals surface area contributed by atoms with Crippen LogP contribution in [0.15, 0.2) is 22.7 Å². The minimum Gasteiger partial charge on any atom is -0.493 e. The molecule has 0 amide bonds. The molecule has 1 aromatic heterocycles. The second kappa shape index (κ2) is 5.01. The van der Waals surface area contributed by atoms with Crippen LogP contribution in [0.25, 0.3) is 11.4 Å². The van der Waals surface area contributed by atoms with Crippen LogP contribution in [-0.4, -0.2) is 30.3 Å². The monoisotopic (exact) mass is 259 g/mol. The van der Waals surface area contributed by atoms with Crippen LogP contribution in [0.3, 0.4) is 0 Å². The number of nitrogens with one attached hydrogen (secondary N) is 1. The number of hydrogen-bond acceptors (Lipinski definition) is 5.